The predicted molar refractivity (Wildman–Crippen MR) is 86.9 cm³/mol. The van der Waals surface area contributed by atoms with Gasteiger partial charge in [-0.1, -0.05) is 72.8 Å². The van der Waals surface area contributed by atoms with E-state index in [4.69, 9.17) is 0 Å². The summed E-state index contributed by atoms with van der Waals surface area (Å²) in [5, 5.41) is 3.62. The number of benzene rings is 2. The Kier molecular flexibility index (Phi) is 5.57. The van der Waals surface area contributed by atoms with Gasteiger partial charge in [0.2, 0.25) is 0 Å². The maximum atomic E-state index is 3.98. The van der Waals surface area contributed by atoms with E-state index < -0.39 is 0 Å². The van der Waals surface area contributed by atoms with Crippen LogP contribution in [0.5, 0.6) is 0 Å². The first-order chi connectivity index (χ1) is 9.74. The normalized spacial score (nSPS) is 10.7. The Bertz CT molecular complexity index is 474. The first-order valence-electron chi connectivity index (χ1n) is 7.19. The molecule has 0 unspecified atom stereocenters. The van der Waals surface area contributed by atoms with Crippen molar-refractivity contribution < 1.29 is 0 Å². The zero-order valence-electron chi connectivity index (χ0n) is 12.2. The van der Waals surface area contributed by atoms with Gasteiger partial charge in [0.25, 0.3) is 0 Å². The van der Waals surface area contributed by atoms with Crippen LogP contribution in [0.4, 0.5) is 0 Å². The van der Waals surface area contributed by atoms with Gasteiger partial charge in [-0.25, -0.2) is 0 Å². The summed E-state index contributed by atoms with van der Waals surface area (Å²) in [5.74, 6) is 0. The lowest BCUT2D eigenvalue weighted by Crippen LogP contribution is -2.34. The van der Waals surface area contributed by atoms with Crippen LogP contribution in [0.3, 0.4) is 0 Å². The molecule has 0 aliphatic carbocycles. The third kappa shape index (κ3) is 5.02. The van der Waals surface area contributed by atoms with Gasteiger partial charge in [0.05, 0.1) is 0 Å². The summed E-state index contributed by atoms with van der Waals surface area (Å²) in [4.78, 5) is 0. The second kappa shape index (κ2) is 7.66. The topological polar surface area (TPSA) is 12.0 Å². The van der Waals surface area contributed by atoms with Gasteiger partial charge >= 0.3 is 0 Å². The highest BCUT2D eigenvalue weighted by Crippen LogP contribution is 2.09. The van der Waals surface area contributed by atoms with Crippen molar-refractivity contribution in [3.8, 4) is 0 Å². The lowest BCUT2D eigenvalue weighted by molar-refractivity contribution is 0.528. The molecule has 0 saturated carbocycles. The summed E-state index contributed by atoms with van der Waals surface area (Å²) in [5.41, 5.74) is 3.93. The van der Waals surface area contributed by atoms with Crippen molar-refractivity contribution >= 4 is 0 Å². The quantitative estimate of drug-likeness (QED) is 0.746. The molecule has 0 spiro atoms. The summed E-state index contributed by atoms with van der Waals surface area (Å²) in [6.07, 6.45) is 2.09. The monoisotopic (exact) mass is 265 g/mol. The number of rotatable bonds is 7. The molecule has 2 aromatic rings. The largest absolute Gasteiger partial charge is 0.310 e. The van der Waals surface area contributed by atoms with Crippen molar-refractivity contribution in [1.82, 2.24) is 5.32 Å². The van der Waals surface area contributed by atoms with E-state index in [9.17, 15) is 0 Å². The molecule has 1 nitrogen and oxygen atoms in total. The zero-order valence-corrected chi connectivity index (χ0v) is 12.2. The average molecular weight is 265 g/mol. The summed E-state index contributed by atoms with van der Waals surface area (Å²) in [6, 6.07) is 21.8. The van der Waals surface area contributed by atoms with E-state index in [0.29, 0.717) is 6.04 Å². The summed E-state index contributed by atoms with van der Waals surface area (Å²) < 4.78 is 0. The fourth-order valence-electron chi connectivity index (χ4n) is 2.33. The average Bonchev–Trinajstić information content (AvgIpc) is 2.47. The smallest absolute Gasteiger partial charge is 0.0162 e. The van der Waals surface area contributed by atoms with Crippen LogP contribution in [-0.4, -0.2) is 12.6 Å². The van der Waals surface area contributed by atoms with Crippen molar-refractivity contribution in [1.29, 1.82) is 0 Å². The fourth-order valence-corrected chi connectivity index (χ4v) is 2.33. The lowest BCUT2D eigenvalue weighted by Gasteiger charge is -2.19. The van der Waals surface area contributed by atoms with E-state index in [1.165, 1.54) is 16.7 Å². The van der Waals surface area contributed by atoms with E-state index >= 15 is 0 Å². The van der Waals surface area contributed by atoms with E-state index in [2.05, 4.69) is 79.5 Å². The van der Waals surface area contributed by atoms with Gasteiger partial charge in [-0.15, -0.1) is 0 Å². The van der Waals surface area contributed by atoms with E-state index in [1.54, 1.807) is 0 Å². The summed E-state index contributed by atoms with van der Waals surface area (Å²) >= 11 is 0. The van der Waals surface area contributed by atoms with Gasteiger partial charge < -0.3 is 5.32 Å². The van der Waals surface area contributed by atoms with E-state index in [-0.39, 0.29) is 0 Å². The van der Waals surface area contributed by atoms with Crippen molar-refractivity contribution in [2.45, 2.75) is 25.8 Å². The minimum atomic E-state index is 0.441. The third-order valence-electron chi connectivity index (χ3n) is 3.34. The van der Waals surface area contributed by atoms with Crippen molar-refractivity contribution in [2.24, 2.45) is 0 Å². The molecule has 2 aromatic carbocycles. The molecule has 0 amide bonds. The number of hydrogen-bond donors (Lipinski definition) is 1. The van der Waals surface area contributed by atoms with Gasteiger partial charge in [-0.05, 0) is 30.9 Å². The molecule has 0 heterocycles. The number of nitrogens with one attached hydrogen (secondary N) is 1. The van der Waals surface area contributed by atoms with Crippen LogP contribution < -0.4 is 5.32 Å². The molecule has 104 valence electrons. The van der Waals surface area contributed by atoms with Crippen LogP contribution in [0.1, 0.15) is 18.1 Å². The fraction of sp³-hybridized carbons (Fsp3) is 0.263. The Morgan fingerprint density at radius 1 is 0.900 bits per heavy atom. The van der Waals surface area contributed by atoms with Gasteiger partial charge in [-0.2, -0.15) is 0 Å². The molecule has 0 radical (unpaired) electrons. The highest BCUT2D eigenvalue weighted by atomic mass is 14.9. The molecular weight excluding hydrogens is 242 g/mol. The molecule has 2 rings (SSSR count). The van der Waals surface area contributed by atoms with Gasteiger partial charge in [0.1, 0.15) is 0 Å². The first kappa shape index (κ1) is 14.5. The van der Waals surface area contributed by atoms with Crippen LogP contribution in [0, 0.1) is 0 Å². The highest BCUT2D eigenvalue weighted by Gasteiger charge is 2.10. The second-order valence-corrected chi connectivity index (χ2v) is 5.41. The maximum Gasteiger partial charge on any atom is 0.0162 e. The van der Waals surface area contributed by atoms with Gasteiger partial charge in [0.15, 0.2) is 0 Å². The molecule has 0 aromatic heterocycles. The Labute approximate surface area is 122 Å². The lowest BCUT2D eigenvalue weighted by atomic mass is 9.99. The summed E-state index contributed by atoms with van der Waals surface area (Å²) in [6.45, 7) is 6.92. The Hall–Kier alpha value is -1.86. The zero-order chi connectivity index (χ0) is 14.2. The molecular formula is C19H23N. The van der Waals surface area contributed by atoms with Crippen LogP contribution in [-0.2, 0) is 12.8 Å². The van der Waals surface area contributed by atoms with Crippen LogP contribution in [0.2, 0.25) is 0 Å². The molecule has 0 saturated heterocycles. The maximum absolute atomic E-state index is 3.98. The highest BCUT2D eigenvalue weighted by molar-refractivity contribution is 5.19. The number of hydrogen-bond acceptors (Lipinski definition) is 1. The SMILES string of the molecule is C=C(C)CNC(Cc1ccccc1)Cc1ccccc1. The molecule has 0 aliphatic rings. The van der Waals surface area contributed by atoms with Gasteiger partial charge in [0, 0.05) is 12.6 Å². The molecule has 1 heteroatoms. The van der Waals surface area contributed by atoms with Crippen molar-refractivity contribution in [3.05, 3.63) is 83.9 Å². The van der Waals surface area contributed by atoms with Crippen molar-refractivity contribution in [2.75, 3.05) is 6.54 Å². The second-order valence-electron chi connectivity index (χ2n) is 5.41. The van der Waals surface area contributed by atoms with Crippen LogP contribution in [0.15, 0.2) is 72.8 Å². The molecule has 0 fully saturated rings. The van der Waals surface area contributed by atoms with Crippen LogP contribution >= 0.6 is 0 Å². The minimum Gasteiger partial charge on any atom is -0.310 e. The van der Waals surface area contributed by atoms with Crippen LogP contribution in [0.25, 0.3) is 0 Å². The Morgan fingerprint density at radius 2 is 1.35 bits per heavy atom. The summed E-state index contributed by atoms with van der Waals surface area (Å²) in [7, 11) is 0. The Morgan fingerprint density at radius 3 is 1.75 bits per heavy atom. The minimum absolute atomic E-state index is 0.441. The molecule has 20 heavy (non-hydrogen) atoms. The molecule has 1 N–H and O–H groups in total. The molecule has 0 atom stereocenters. The van der Waals surface area contributed by atoms with E-state index in [1.807, 2.05) is 0 Å². The van der Waals surface area contributed by atoms with Gasteiger partial charge in [-0.3, -0.25) is 0 Å². The third-order valence-corrected chi connectivity index (χ3v) is 3.34. The predicted octanol–water partition coefficient (Wildman–Crippen LogP) is 4.01. The molecule has 0 aliphatic heterocycles. The Balaban J connectivity index is 2.02. The van der Waals surface area contributed by atoms with E-state index in [0.717, 1.165) is 19.4 Å². The van der Waals surface area contributed by atoms with Crippen molar-refractivity contribution in [3.63, 3.8) is 0 Å². The molecule has 0 bridgehead atoms. The standard InChI is InChI=1S/C19H23N/c1-16(2)15-20-19(13-17-9-5-3-6-10-17)14-18-11-7-4-8-12-18/h3-12,19-20H,1,13-15H2,2H3. The first-order valence-corrected chi connectivity index (χ1v) is 7.19.